The van der Waals surface area contributed by atoms with E-state index in [-0.39, 0.29) is 28.9 Å². The molecule has 1 spiro atoms. The van der Waals surface area contributed by atoms with Crippen molar-refractivity contribution in [1.82, 2.24) is 10.3 Å². The van der Waals surface area contributed by atoms with Crippen LogP contribution in [0.15, 0.2) is 66.9 Å². The number of hydrogen-bond acceptors (Lipinski definition) is 5. The van der Waals surface area contributed by atoms with Crippen molar-refractivity contribution in [2.45, 2.75) is 61.0 Å². The number of amides is 2. The lowest BCUT2D eigenvalue weighted by Gasteiger charge is -2.29. The highest BCUT2D eigenvalue weighted by atomic mass is 32.2. The van der Waals surface area contributed by atoms with E-state index in [9.17, 15) is 18.0 Å². The molecule has 1 fully saturated rings. The largest absolute Gasteiger partial charge is 0.349 e. The molecule has 2 aromatic carbocycles. The quantitative estimate of drug-likeness (QED) is 0.539. The number of sulfone groups is 1. The molecule has 6 rings (SSSR count). The smallest absolute Gasteiger partial charge is 0.251 e. The van der Waals surface area contributed by atoms with Gasteiger partial charge in [0.05, 0.1) is 16.4 Å². The molecular weight excluding hydrogens is 486 g/mol. The molecule has 1 unspecified atom stereocenters. The Bertz CT molecular complexity index is 1480. The van der Waals surface area contributed by atoms with Crippen LogP contribution in [0.5, 0.6) is 0 Å². The number of benzene rings is 2. The Hall–Kier alpha value is -3.52. The number of nitrogens with one attached hydrogen (secondary N) is 2. The first-order chi connectivity index (χ1) is 17.8. The van der Waals surface area contributed by atoms with Crippen molar-refractivity contribution >= 4 is 27.5 Å². The Balaban J connectivity index is 1.09. The molecular formula is C29H29N3O4S. The summed E-state index contributed by atoms with van der Waals surface area (Å²) in [7, 11) is -3.23. The molecule has 190 valence electrons. The average Bonchev–Trinajstić information content (AvgIpc) is 3.41. The number of hydrogen-bond donors (Lipinski definition) is 2. The summed E-state index contributed by atoms with van der Waals surface area (Å²) in [5, 5.41) is 5.65. The fourth-order valence-corrected chi connectivity index (χ4v) is 8.05. The van der Waals surface area contributed by atoms with E-state index in [0.717, 1.165) is 22.3 Å². The van der Waals surface area contributed by atoms with Crippen molar-refractivity contribution in [3.8, 4) is 0 Å². The fraction of sp³-hybridized carbons (Fsp3) is 0.345. The van der Waals surface area contributed by atoms with Gasteiger partial charge in [0.2, 0.25) is 5.91 Å². The predicted octanol–water partition coefficient (Wildman–Crippen LogP) is 3.73. The molecule has 37 heavy (non-hydrogen) atoms. The van der Waals surface area contributed by atoms with E-state index in [0.29, 0.717) is 49.9 Å². The van der Waals surface area contributed by atoms with Gasteiger partial charge in [-0.2, -0.15) is 0 Å². The third kappa shape index (κ3) is 4.33. The van der Waals surface area contributed by atoms with Gasteiger partial charge in [-0.15, -0.1) is 0 Å². The summed E-state index contributed by atoms with van der Waals surface area (Å²) in [5.41, 5.74) is 3.72. The van der Waals surface area contributed by atoms with E-state index in [2.05, 4.69) is 15.6 Å². The van der Waals surface area contributed by atoms with Gasteiger partial charge < -0.3 is 10.6 Å². The summed E-state index contributed by atoms with van der Waals surface area (Å²) in [6, 6.07) is 18.7. The molecule has 2 amide bonds. The number of carbonyl (C=O) groups excluding carboxylic acids is 2. The second-order valence-corrected chi connectivity index (χ2v) is 12.8. The number of pyridine rings is 1. The number of rotatable bonds is 5. The third-order valence-electron chi connectivity index (χ3n) is 8.17. The Morgan fingerprint density at radius 2 is 1.73 bits per heavy atom. The number of carbonyl (C=O) groups is 2. The van der Waals surface area contributed by atoms with Gasteiger partial charge in [-0.1, -0.05) is 42.5 Å². The van der Waals surface area contributed by atoms with E-state index in [4.69, 9.17) is 0 Å². The first-order valence-corrected chi connectivity index (χ1v) is 14.5. The first kappa shape index (κ1) is 23.9. The van der Waals surface area contributed by atoms with Crippen LogP contribution in [-0.2, 0) is 38.6 Å². The Kier molecular flexibility index (Phi) is 5.87. The van der Waals surface area contributed by atoms with Crippen molar-refractivity contribution < 1.29 is 18.0 Å². The molecule has 3 aliphatic rings. The molecule has 7 nitrogen and oxygen atoms in total. The minimum absolute atomic E-state index is 0.0395. The Morgan fingerprint density at radius 3 is 2.51 bits per heavy atom. The Morgan fingerprint density at radius 1 is 0.973 bits per heavy atom. The maximum atomic E-state index is 13.1. The van der Waals surface area contributed by atoms with Crippen LogP contribution in [0, 0.1) is 0 Å². The normalized spacial score (nSPS) is 24.4. The van der Waals surface area contributed by atoms with Crippen molar-refractivity contribution in [2.75, 3.05) is 5.32 Å². The minimum Gasteiger partial charge on any atom is -0.349 e. The zero-order chi connectivity index (χ0) is 25.6. The van der Waals surface area contributed by atoms with Crippen molar-refractivity contribution in [2.24, 2.45) is 0 Å². The zero-order valence-corrected chi connectivity index (χ0v) is 21.3. The summed E-state index contributed by atoms with van der Waals surface area (Å²) in [6.07, 6.45) is 5.19. The molecule has 1 aliphatic heterocycles. The van der Waals surface area contributed by atoms with Gasteiger partial charge >= 0.3 is 0 Å². The monoisotopic (exact) mass is 515 g/mol. The molecule has 1 saturated carbocycles. The summed E-state index contributed by atoms with van der Waals surface area (Å²) in [4.78, 5) is 30.3. The topological polar surface area (TPSA) is 105 Å². The SMILES string of the molecule is O=C(NC1CCC(S(=O)(=O)Cc2ccccc2)CC1)c1ccc2c(c1)CC1(C2)C(=O)Nc2ncccc21. The zero-order valence-electron chi connectivity index (χ0n) is 20.4. The molecule has 8 heteroatoms. The lowest BCUT2D eigenvalue weighted by Crippen LogP contribution is -2.40. The summed E-state index contributed by atoms with van der Waals surface area (Å²) in [5.74, 6) is 0.490. The van der Waals surface area contributed by atoms with E-state index in [1.165, 1.54) is 0 Å². The van der Waals surface area contributed by atoms with Gasteiger partial charge in [-0.25, -0.2) is 13.4 Å². The maximum Gasteiger partial charge on any atom is 0.251 e. The number of fused-ring (bicyclic) bond motifs is 3. The number of anilines is 1. The number of aromatic nitrogens is 1. The summed E-state index contributed by atoms with van der Waals surface area (Å²) in [6.45, 7) is 0. The van der Waals surface area contributed by atoms with Crippen molar-refractivity contribution in [3.63, 3.8) is 0 Å². The van der Waals surface area contributed by atoms with Gasteiger partial charge in [-0.3, -0.25) is 9.59 Å². The summed E-state index contributed by atoms with van der Waals surface area (Å²) < 4.78 is 25.8. The average molecular weight is 516 g/mol. The van der Waals surface area contributed by atoms with Gasteiger partial charge in [0, 0.05) is 23.4 Å². The molecule has 0 radical (unpaired) electrons. The highest BCUT2D eigenvalue weighted by Gasteiger charge is 2.51. The summed E-state index contributed by atoms with van der Waals surface area (Å²) >= 11 is 0. The first-order valence-electron chi connectivity index (χ1n) is 12.8. The molecule has 1 atom stereocenters. The third-order valence-corrected chi connectivity index (χ3v) is 10.4. The number of nitrogens with zero attached hydrogens (tertiary/aromatic N) is 1. The van der Waals surface area contributed by atoms with Gasteiger partial charge in [0.25, 0.3) is 5.91 Å². The van der Waals surface area contributed by atoms with E-state index >= 15 is 0 Å². The lowest BCUT2D eigenvalue weighted by atomic mass is 9.79. The van der Waals surface area contributed by atoms with Crippen molar-refractivity contribution in [1.29, 1.82) is 0 Å². The molecule has 3 aromatic rings. The van der Waals surface area contributed by atoms with Crippen LogP contribution in [0.4, 0.5) is 5.82 Å². The maximum absolute atomic E-state index is 13.1. The van der Waals surface area contributed by atoms with Gasteiger partial charge in [0.1, 0.15) is 5.82 Å². The predicted molar refractivity (Wildman–Crippen MR) is 141 cm³/mol. The van der Waals surface area contributed by atoms with Gasteiger partial charge in [0.15, 0.2) is 9.84 Å². The van der Waals surface area contributed by atoms with E-state index < -0.39 is 15.3 Å². The highest BCUT2D eigenvalue weighted by molar-refractivity contribution is 7.91. The fourth-order valence-electron chi connectivity index (χ4n) is 6.17. The van der Waals surface area contributed by atoms with Crippen LogP contribution in [0.25, 0.3) is 0 Å². The van der Waals surface area contributed by atoms with Crippen LogP contribution in [0.2, 0.25) is 0 Å². The van der Waals surface area contributed by atoms with Crippen LogP contribution >= 0.6 is 0 Å². The molecule has 2 heterocycles. The van der Waals surface area contributed by atoms with E-state index in [1.54, 1.807) is 6.20 Å². The van der Waals surface area contributed by atoms with Gasteiger partial charge in [-0.05, 0) is 73.4 Å². The van der Waals surface area contributed by atoms with E-state index in [1.807, 2.05) is 60.7 Å². The molecule has 0 saturated heterocycles. The lowest BCUT2D eigenvalue weighted by molar-refractivity contribution is -0.120. The standard InChI is InChI=1S/C29H29N3O4S/c33-27(31-23-10-12-24(13-11-23)37(35,36)18-19-5-2-1-3-6-19)20-8-9-21-16-29(17-22(21)15-20)25-7-4-14-30-26(25)32-28(29)34/h1-9,14-15,23-24H,10-13,16-18H2,(H,31,33)(H,30,32,34). The molecule has 2 aliphatic carbocycles. The molecule has 2 N–H and O–H groups in total. The Labute approximate surface area is 216 Å². The van der Waals surface area contributed by atoms with Crippen LogP contribution in [0.3, 0.4) is 0 Å². The van der Waals surface area contributed by atoms with Crippen LogP contribution in [-0.4, -0.2) is 36.5 Å². The van der Waals surface area contributed by atoms with Crippen LogP contribution < -0.4 is 10.6 Å². The van der Waals surface area contributed by atoms with Crippen molar-refractivity contribution in [3.05, 3.63) is 94.7 Å². The molecule has 1 aromatic heterocycles. The van der Waals surface area contributed by atoms with Crippen LogP contribution in [0.1, 0.15) is 58.3 Å². The minimum atomic E-state index is -3.23. The second kappa shape index (κ2) is 9.10. The highest BCUT2D eigenvalue weighted by Crippen LogP contribution is 2.46. The molecule has 0 bridgehead atoms. The second-order valence-electron chi connectivity index (χ2n) is 10.5.